The smallest absolute Gasteiger partial charge is 0.407 e. The molecule has 2 heterocycles. The molecule has 0 spiro atoms. The minimum Gasteiger partial charge on any atom is -0.473 e. The van der Waals surface area contributed by atoms with E-state index in [0.29, 0.717) is 43.5 Å². The van der Waals surface area contributed by atoms with E-state index < -0.39 is 0 Å². The third-order valence-corrected chi connectivity index (χ3v) is 8.53. The molecular formula is C39H45N5O4. The van der Waals surface area contributed by atoms with Gasteiger partial charge in [-0.3, -0.25) is 4.68 Å². The second-order valence-electron chi connectivity index (χ2n) is 13.6. The minimum atomic E-state index is -0.343. The lowest BCUT2D eigenvalue weighted by Gasteiger charge is -2.30. The Kier molecular flexibility index (Phi) is 10.1. The lowest BCUT2D eigenvalue weighted by Crippen LogP contribution is -2.41. The average molecular weight is 648 g/mol. The lowest BCUT2D eigenvalue weighted by atomic mass is 9.86. The average Bonchev–Trinajstić information content (AvgIpc) is 3.41. The number of carbonyl (C=O) groups is 1. The summed E-state index contributed by atoms with van der Waals surface area (Å²) in [5.74, 6) is 1.35. The molecule has 1 fully saturated rings. The quantitative estimate of drug-likeness (QED) is 0.149. The highest BCUT2D eigenvalue weighted by atomic mass is 16.5. The Labute approximate surface area is 282 Å². The number of anilines is 1. The number of hydrogen-bond donors (Lipinski definition) is 2. The number of fused-ring (bicyclic) bond motifs is 1. The van der Waals surface area contributed by atoms with Crippen LogP contribution < -0.4 is 20.1 Å². The van der Waals surface area contributed by atoms with E-state index in [9.17, 15) is 4.79 Å². The molecule has 1 saturated carbocycles. The van der Waals surface area contributed by atoms with E-state index in [0.717, 1.165) is 64.7 Å². The van der Waals surface area contributed by atoms with E-state index in [1.807, 2.05) is 105 Å². The van der Waals surface area contributed by atoms with Crippen LogP contribution in [0.2, 0.25) is 0 Å². The zero-order valence-corrected chi connectivity index (χ0v) is 28.2. The molecule has 1 aliphatic carbocycles. The van der Waals surface area contributed by atoms with Crippen LogP contribution in [0.3, 0.4) is 0 Å². The molecule has 0 atom stereocenters. The van der Waals surface area contributed by atoms with E-state index in [4.69, 9.17) is 24.3 Å². The number of amides is 1. The van der Waals surface area contributed by atoms with Gasteiger partial charge in [0.15, 0.2) is 0 Å². The predicted octanol–water partition coefficient (Wildman–Crippen LogP) is 8.29. The van der Waals surface area contributed by atoms with Gasteiger partial charge in [0.25, 0.3) is 0 Å². The first-order valence-corrected chi connectivity index (χ1v) is 16.7. The summed E-state index contributed by atoms with van der Waals surface area (Å²) >= 11 is 0. The molecule has 0 unspecified atom stereocenters. The Morgan fingerprint density at radius 3 is 2.19 bits per heavy atom. The van der Waals surface area contributed by atoms with E-state index in [2.05, 4.69) is 28.8 Å². The number of hydrogen-bond acceptors (Lipinski definition) is 7. The van der Waals surface area contributed by atoms with Crippen LogP contribution in [0.15, 0.2) is 91.0 Å². The first kappa shape index (κ1) is 32.9. The highest BCUT2D eigenvalue weighted by molar-refractivity contribution is 5.96. The monoisotopic (exact) mass is 647 g/mol. The van der Waals surface area contributed by atoms with Gasteiger partial charge in [0, 0.05) is 35.8 Å². The highest BCUT2D eigenvalue weighted by Crippen LogP contribution is 2.36. The Balaban J connectivity index is 1.15. The molecule has 6 rings (SSSR count). The van der Waals surface area contributed by atoms with Gasteiger partial charge in [0.2, 0.25) is 11.8 Å². The highest BCUT2D eigenvalue weighted by Gasteiger charge is 2.24. The second kappa shape index (κ2) is 14.8. The standard InChI is InChI=1S/C39H45N5O4/c1-39(2,3)42-38(45)48-26-29-15-17-30(18-16-29)40-31-19-20-32-34(23-31)44(4)43-36(32)33-21-22-35(46-24-27-11-7-5-8-12-27)41-37(33)47-25-28-13-9-6-10-14-28/h5-14,19-23,29-30,40H,15-18,24-26H2,1-4H3,(H,42,45). The van der Waals surface area contributed by atoms with Gasteiger partial charge in [0.1, 0.15) is 18.9 Å². The van der Waals surface area contributed by atoms with Crippen LogP contribution >= 0.6 is 0 Å². The van der Waals surface area contributed by atoms with Crippen molar-refractivity contribution in [2.75, 3.05) is 11.9 Å². The molecule has 0 saturated heterocycles. The van der Waals surface area contributed by atoms with Crippen LogP contribution in [0.1, 0.15) is 57.6 Å². The van der Waals surface area contributed by atoms with Gasteiger partial charge in [-0.2, -0.15) is 10.1 Å². The third-order valence-electron chi connectivity index (χ3n) is 8.53. The number of aromatic nitrogens is 3. The normalized spacial score (nSPS) is 16.3. The van der Waals surface area contributed by atoms with Gasteiger partial charge in [-0.15, -0.1) is 0 Å². The molecule has 9 heteroatoms. The van der Waals surface area contributed by atoms with Crippen LogP contribution in [0.5, 0.6) is 11.8 Å². The lowest BCUT2D eigenvalue weighted by molar-refractivity contribution is 0.108. The second-order valence-corrected chi connectivity index (χ2v) is 13.6. The maximum atomic E-state index is 12.1. The van der Waals surface area contributed by atoms with Crippen LogP contribution in [-0.4, -0.2) is 39.0 Å². The van der Waals surface area contributed by atoms with Crippen LogP contribution in [-0.2, 0) is 25.0 Å². The van der Waals surface area contributed by atoms with Gasteiger partial charge in [-0.25, -0.2) is 4.79 Å². The Morgan fingerprint density at radius 2 is 1.52 bits per heavy atom. The summed E-state index contributed by atoms with van der Waals surface area (Å²) in [5, 5.41) is 12.6. The molecule has 2 N–H and O–H groups in total. The van der Waals surface area contributed by atoms with E-state index in [1.165, 1.54) is 0 Å². The van der Waals surface area contributed by atoms with Crippen molar-refractivity contribution in [3.05, 3.63) is 102 Å². The molecule has 2 aromatic heterocycles. The van der Waals surface area contributed by atoms with Gasteiger partial charge >= 0.3 is 6.09 Å². The number of aryl methyl sites for hydroxylation is 1. The summed E-state index contributed by atoms with van der Waals surface area (Å²) in [7, 11) is 1.96. The number of nitrogens with zero attached hydrogens (tertiary/aromatic N) is 3. The fraction of sp³-hybridized carbons (Fsp3) is 0.359. The molecule has 0 radical (unpaired) electrons. The third kappa shape index (κ3) is 8.64. The number of rotatable bonds is 11. The van der Waals surface area contributed by atoms with Crippen LogP contribution in [0, 0.1) is 5.92 Å². The topological polar surface area (TPSA) is 99.5 Å². The van der Waals surface area contributed by atoms with Crippen LogP contribution in [0.4, 0.5) is 10.5 Å². The molecule has 5 aromatic rings. The Hall–Kier alpha value is -5.05. The SMILES string of the molecule is Cn1nc(-c2ccc(OCc3ccccc3)nc2OCc2ccccc2)c2ccc(NC3CCC(COC(=O)NC(C)(C)C)CC3)cc21. The van der Waals surface area contributed by atoms with E-state index in [-0.39, 0.29) is 11.6 Å². The summed E-state index contributed by atoms with van der Waals surface area (Å²) in [6.45, 7) is 7.10. The molecule has 1 aliphatic rings. The van der Waals surface area contributed by atoms with Crippen molar-refractivity contribution in [3.8, 4) is 23.0 Å². The van der Waals surface area contributed by atoms with Crippen molar-refractivity contribution in [1.82, 2.24) is 20.1 Å². The van der Waals surface area contributed by atoms with Crippen molar-refractivity contribution < 1.29 is 19.0 Å². The maximum Gasteiger partial charge on any atom is 0.407 e. The van der Waals surface area contributed by atoms with E-state index >= 15 is 0 Å². The summed E-state index contributed by atoms with van der Waals surface area (Å²) in [4.78, 5) is 16.9. The summed E-state index contributed by atoms with van der Waals surface area (Å²) < 4.78 is 19.8. The van der Waals surface area contributed by atoms with Crippen LogP contribution in [0.25, 0.3) is 22.2 Å². The number of pyridine rings is 1. The molecule has 9 nitrogen and oxygen atoms in total. The number of carbonyl (C=O) groups excluding carboxylic acids is 1. The number of alkyl carbamates (subject to hydrolysis) is 1. The molecule has 3 aromatic carbocycles. The van der Waals surface area contributed by atoms with Gasteiger partial charge in [-0.1, -0.05) is 60.7 Å². The Morgan fingerprint density at radius 1 is 0.854 bits per heavy atom. The predicted molar refractivity (Wildman–Crippen MR) is 189 cm³/mol. The van der Waals surface area contributed by atoms with E-state index in [1.54, 1.807) is 0 Å². The van der Waals surface area contributed by atoms with Crippen molar-refractivity contribution in [1.29, 1.82) is 0 Å². The molecule has 1 amide bonds. The van der Waals surface area contributed by atoms with Gasteiger partial charge in [0.05, 0.1) is 17.7 Å². The van der Waals surface area contributed by atoms with Crippen molar-refractivity contribution >= 4 is 22.7 Å². The fourth-order valence-electron chi connectivity index (χ4n) is 6.04. The van der Waals surface area contributed by atoms with Gasteiger partial charge < -0.3 is 24.8 Å². The summed E-state index contributed by atoms with van der Waals surface area (Å²) in [6, 6.07) is 30.7. The van der Waals surface area contributed by atoms with Crippen molar-refractivity contribution in [3.63, 3.8) is 0 Å². The molecule has 250 valence electrons. The zero-order valence-electron chi connectivity index (χ0n) is 28.2. The number of benzene rings is 3. The molecule has 0 aliphatic heterocycles. The molecule has 0 bridgehead atoms. The first-order chi connectivity index (χ1) is 23.2. The fourth-order valence-corrected chi connectivity index (χ4v) is 6.04. The van der Waals surface area contributed by atoms with Crippen molar-refractivity contribution in [2.24, 2.45) is 13.0 Å². The van der Waals surface area contributed by atoms with Gasteiger partial charge in [-0.05, 0) is 87.8 Å². The summed E-state index contributed by atoms with van der Waals surface area (Å²) in [5.41, 5.74) is 5.51. The number of nitrogens with one attached hydrogen (secondary N) is 2. The maximum absolute atomic E-state index is 12.1. The molecule has 48 heavy (non-hydrogen) atoms. The minimum absolute atomic E-state index is 0.300. The first-order valence-electron chi connectivity index (χ1n) is 16.7. The molecular weight excluding hydrogens is 602 g/mol. The van der Waals surface area contributed by atoms with Crippen molar-refractivity contribution in [2.45, 2.75) is 71.2 Å². The number of ether oxygens (including phenoxy) is 3. The Bertz CT molecular complexity index is 1810. The largest absolute Gasteiger partial charge is 0.473 e. The summed E-state index contributed by atoms with van der Waals surface area (Å²) in [6.07, 6.45) is 3.74. The zero-order chi connectivity index (χ0) is 33.5.